The maximum absolute atomic E-state index is 10.7. The minimum absolute atomic E-state index is 0.0388. The molecule has 0 aliphatic carbocycles. The average molecular weight is 230 g/mol. The summed E-state index contributed by atoms with van der Waals surface area (Å²) in [5.74, 6) is 0. The first-order valence-electron chi connectivity index (χ1n) is 5.31. The first kappa shape index (κ1) is 11.3. The van der Waals surface area contributed by atoms with E-state index in [2.05, 4.69) is 15.4 Å². The van der Waals surface area contributed by atoms with E-state index in [0.29, 0.717) is 5.71 Å². The van der Waals surface area contributed by atoms with Gasteiger partial charge in [-0.1, -0.05) is 6.08 Å². The van der Waals surface area contributed by atoms with Crippen LogP contribution in [0.5, 0.6) is 0 Å². The van der Waals surface area contributed by atoms with E-state index in [1.807, 2.05) is 30.3 Å². The highest BCUT2D eigenvalue weighted by atomic mass is 16.1. The highest BCUT2D eigenvalue weighted by Gasteiger charge is 2.19. The molecule has 2 aliphatic heterocycles. The van der Waals surface area contributed by atoms with Gasteiger partial charge in [-0.25, -0.2) is 4.99 Å². The summed E-state index contributed by atoms with van der Waals surface area (Å²) in [6.07, 6.45) is 10.2. The first-order valence-corrected chi connectivity index (χ1v) is 5.31. The van der Waals surface area contributed by atoms with E-state index in [1.54, 1.807) is 19.5 Å². The molecule has 1 atom stereocenters. The van der Waals surface area contributed by atoms with E-state index in [9.17, 15) is 4.79 Å². The number of nitrogens with one attached hydrogen (secondary N) is 1. The Morgan fingerprint density at radius 3 is 3.18 bits per heavy atom. The molecule has 88 valence electrons. The van der Waals surface area contributed by atoms with Gasteiger partial charge in [-0.2, -0.15) is 0 Å². The Morgan fingerprint density at radius 2 is 2.47 bits per heavy atom. The molecule has 0 amide bonds. The lowest BCUT2D eigenvalue weighted by Gasteiger charge is -2.23. The summed E-state index contributed by atoms with van der Waals surface area (Å²) in [5.41, 5.74) is 5.46. The number of fused-ring (bicyclic) bond motifs is 1. The van der Waals surface area contributed by atoms with Gasteiger partial charge >= 0.3 is 0 Å². The van der Waals surface area contributed by atoms with Crippen molar-refractivity contribution in [2.45, 2.75) is 13.1 Å². The Balaban J connectivity index is 2.19. The van der Waals surface area contributed by atoms with Gasteiger partial charge < -0.3 is 0 Å². The molecule has 1 unspecified atom stereocenters. The molecular formula is C12H14N4O. The fourth-order valence-electron chi connectivity index (χ4n) is 1.65. The molecule has 0 aromatic heterocycles. The average Bonchev–Trinajstić information content (AvgIpc) is 2.82. The number of allylic oxidation sites excluding steroid dienone is 4. The number of rotatable bonds is 3. The molecule has 0 bridgehead atoms. The van der Waals surface area contributed by atoms with Crippen molar-refractivity contribution in [1.82, 2.24) is 10.4 Å². The zero-order valence-electron chi connectivity index (χ0n) is 9.79. The van der Waals surface area contributed by atoms with Crippen LogP contribution >= 0.6 is 0 Å². The van der Waals surface area contributed by atoms with Crippen molar-refractivity contribution in [3.05, 3.63) is 35.6 Å². The van der Waals surface area contributed by atoms with Gasteiger partial charge in [-0.05, 0) is 30.2 Å². The Labute approximate surface area is 99.9 Å². The van der Waals surface area contributed by atoms with Crippen molar-refractivity contribution in [3.63, 3.8) is 0 Å². The highest BCUT2D eigenvalue weighted by molar-refractivity contribution is 6.34. The van der Waals surface area contributed by atoms with Crippen LogP contribution in [0.2, 0.25) is 0 Å². The number of hydrazine groups is 1. The first-order chi connectivity index (χ1) is 8.24. The van der Waals surface area contributed by atoms with Crippen LogP contribution in [0.15, 0.2) is 45.6 Å². The number of nitrogens with zero attached hydrogens (tertiary/aromatic N) is 3. The van der Waals surface area contributed by atoms with Crippen LogP contribution in [0.4, 0.5) is 0 Å². The van der Waals surface area contributed by atoms with Gasteiger partial charge in [0, 0.05) is 13.2 Å². The third kappa shape index (κ3) is 2.33. The molecule has 5 heteroatoms. The summed E-state index contributed by atoms with van der Waals surface area (Å²) in [4.78, 5) is 18.8. The molecule has 0 spiro atoms. The van der Waals surface area contributed by atoms with E-state index in [4.69, 9.17) is 0 Å². The molecule has 2 rings (SSSR count). The molecule has 0 saturated carbocycles. The number of carbonyl (C=O) groups is 1. The Bertz CT molecular complexity index is 471. The lowest BCUT2D eigenvalue weighted by molar-refractivity contribution is -0.102. The summed E-state index contributed by atoms with van der Waals surface area (Å²) in [5, 5.41) is 1.90. The zero-order valence-corrected chi connectivity index (χ0v) is 9.79. The van der Waals surface area contributed by atoms with Gasteiger partial charge in [-0.15, -0.1) is 0 Å². The second-order valence-corrected chi connectivity index (χ2v) is 3.77. The maximum Gasteiger partial charge on any atom is 0.167 e. The van der Waals surface area contributed by atoms with Gasteiger partial charge in [0.25, 0.3) is 0 Å². The quantitative estimate of drug-likeness (QED) is 0.577. The second kappa shape index (κ2) is 4.78. The van der Waals surface area contributed by atoms with Gasteiger partial charge in [-0.3, -0.25) is 20.2 Å². The Hall–Kier alpha value is -2.17. The van der Waals surface area contributed by atoms with E-state index in [1.165, 1.54) is 0 Å². The molecule has 2 aliphatic rings. The van der Waals surface area contributed by atoms with E-state index in [0.717, 1.165) is 17.4 Å². The Kier molecular flexibility index (Phi) is 3.18. The standard InChI is InChI=1S/C12H14N4O/c1-9(5-11(7-17)13-2)10-3-4-12-14-8-15-16(12)6-10/h3-8,12H,1-2H3,(H,14,15)/b9-5+,13-11?. The van der Waals surface area contributed by atoms with Gasteiger partial charge in [0.2, 0.25) is 0 Å². The third-order valence-electron chi connectivity index (χ3n) is 2.64. The molecule has 2 heterocycles. The molecule has 0 aromatic carbocycles. The van der Waals surface area contributed by atoms with Crippen LogP contribution in [0, 0.1) is 0 Å². The summed E-state index contributed by atoms with van der Waals surface area (Å²) in [6.45, 7) is 1.95. The molecule has 0 radical (unpaired) electrons. The maximum atomic E-state index is 10.7. The molecule has 0 aromatic rings. The molecule has 1 N–H and O–H groups in total. The minimum Gasteiger partial charge on any atom is -0.296 e. The minimum atomic E-state index is 0.0388. The van der Waals surface area contributed by atoms with Crippen molar-refractivity contribution in [1.29, 1.82) is 0 Å². The monoisotopic (exact) mass is 230 g/mol. The molecule has 5 nitrogen and oxygen atoms in total. The smallest absolute Gasteiger partial charge is 0.167 e. The summed E-state index contributed by atoms with van der Waals surface area (Å²) < 4.78 is 0. The lowest BCUT2D eigenvalue weighted by atomic mass is 10.0. The normalized spacial score (nSPS) is 23.3. The van der Waals surface area contributed by atoms with Crippen LogP contribution in [0.3, 0.4) is 0 Å². The van der Waals surface area contributed by atoms with Crippen LogP contribution in [-0.2, 0) is 4.79 Å². The largest absolute Gasteiger partial charge is 0.296 e. The van der Waals surface area contributed by atoms with E-state index >= 15 is 0 Å². The van der Waals surface area contributed by atoms with Crippen LogP contribution in [0.25, 0.3) is 0 Å². The fourth-order valence-corrected chi connectivity index (χ4v) is 1.65. The van der Waals surface area contributed by atoms with Gasteiger partial charge in [0.15, 0.2) is 12.5 Å². The van der Waals surface area contributed by atoms with E-state index in [-0.39, 0.29) is 6.17 Å². The summed E-state index contributed by atoms with van der Waals surface area (Å²) in [7, 11) is 1.60. The molecule has 0 saturated heterocycles. The van der Waals surface area contributed by atoms with Crippen LogP contribution in [0.1, 0.15) is 6.92 Å². The van der Waals surface area contributed by atoms with Crippen LogP contribution < -0.4 is 5.43 Å². The summed E-state index contributed by atoms with van der Waals surface area (Å²) in [6, 6.07) is 0. The lowest BCUT2D eigenvalue weighted by Crippen LogP contribution is -2.34. The molecule has 0 fully saturated rings. The van der Waals surface area contributed by atoms with Crippen molar-refractivity contribution in [3.8, 4) is 0 Å². The van der Waals surface area contributed by atoms with Gasteiger partial charge in [0.1, 0.15) is 6.34 Å². The molecular weight excluding hydrogens is 216 g/mol. The SMILES string of the molecule is CN=C(C=O)/C=C(\C)C1=CN2NC=NC2C=C1. The number of aldehydes is 1. The number of hydrogen-bond acceptors (Lipinski definition) is 5. The fraction of sp³-hybridized carbons (Fsp3) is 0.250. The molecule has 17 heavy (non-hydrogen) atoms. The van der Waals surface area contributed by atoms with E-state index < -0.39 is 0 Å². The predicted octanol–water partition coefficient (Wildman–Crippen LogP) is 0.831. The van der Waals surface area contributed by atoms with Crippen molar-refractivity contribution in [2.75, 3.05) is 7.05 Å². The summed E-state index contributed by atoms with van der Waals surface area (Å²) >= 11 is 0. The predicted molar refractivity (Wildman–Crippen MR) is 67.7 cm³/mol. The second-order valence-electron chi connectivity index (χ2n) is 3.77. The topological polar surface area (TPSA) is 57.1 Å². The third-order valence-corrected chi connectivity index (χ3v) is 2.64. The van der Waals surface area contributed by atoms with Crippen molar-refractivity contribution >= 4 is 18.3 Å². The van der Waals surface area contributed by atoms with Crippen molar-refractivity contribution in [2.24, 2.45) is 9.98 Å². The number of aliphatic imine (C=N–C) groups is 2. The highest BCUT2D eigenvalue weighted by Crippen LogP contribution is 2.20. The van der Waals surface area contributed by atoms with Crippen LogP contribution in [-0.4, -0.2) is 36.6 Å². The number of hydrogen-bond donors (Lipinski definition) is 1. The van der Waals surface area contributed by atoms with Crippen molar-refractivity contribution < 1.29 is 4.79 Å². The zero-order chi connectivity index (χ0) is 12.3. The number of carbonyl (C=O) groups excluding carboxylic acids is 1. The van der Waals surface area contributed by atoms with Gasteiger partial charge in [0.05, 0.1) is 5.71 Å². The Morgan fingerprint density at radius 1 is 1.65 bits per heavy atom.